The quantitative estimate of drug-likeness (QED) is 0.585. The Morgan fingerprint density at radius 1 is 0.963 bits per heavy atom. The molecule has 2 heterocycles. The predicted octanol–water partition coefficient (Wildman–Crippen LogP) is 3.21. The van der Waals surface area contributed by atoms with Gasteiger partial charge in [0.1, 0.15) is 0 Å². The molecule has 0 radical (unpaired) electrons. The topological polar surface area (TPSA) is 87.9 Å². The van der Waals surface area contributed by atoms with Crippen molar-refractivity contribution in [3.8, 4) is 11.1 Å². The van der Waals surface area contributed by atoms with Crippen LogP contribution >= 0.6 is 0 Å². The first-order valence-corrected chi connectivity index (χ1v) is 8.63. The van der Waals surface area contributed by atoms with E-state index in [2.05, 4.69) is 26.1 Å². The van der Waals surface area contributed by atoms with Crippen molar-refractivity contribution in [3.05, 3.63) is 83.0 Å². The van der Waals surface area contributed by atoms with Gasteiger partial charge in [0.25, 0.3) is 5.56 Å². The van der Waals surface area contributed by atoms with Crippen molar-refractivity contribution in [2.45, 2.75) is 6.54 Å². The van der Waals surface area contributed by atoms with Crippen LogP contribution in [0.4, 0.5) is 11.4 Å². The number of para-hydroxylation sites is 1. The van der Waals surface area contributed by atoms with Crippen LogP contribution in [0.2, 0.25) is 0 Å². The molecular weight excluding hydrogens is 338 g/mol. The lowest BCUT2D eigenvalue weighted by molar-refractivity contribution is 0.900. The second kappa shape index (κ2) is 7.01. The molecule has 0 unspecified atom stereocenters. The maximum absolute atomic E-state index is 12.0. The van der Waals surface area contributed by atoms with E-state index in [0.717, 1.165) is 27.9 Å². The van der Waals surface area contributed by atoms with Crippen LogP contribution in [-0.4, -0.2) is 22.2 Å². The molecule has 4 rings (SSSR count). The highest BCUT2D eigenvalue weighted by Gasteiger charge is 2.10. The molecule has 0 saturated carbocycles. The lowest BCUT2D eigenvalue weighted by atomic mass is 10.0. The summed E-state index contributed by atoms with van der Waals surface area (Å²) in [5.41, 5.74) is 10.2. The van der Waals surface area contributed by atoms with Gasteiger partial charge in [-0.25, -0.2) is 5.10 Å². The number of fused-ring (bicyclic) bond motifs is 1. The lowest BCUT2D eigenvalue weighted by Gasteiger charge is -2.19. The average Bonchev–Trinajstić information content (AvgIpc) is 2.74. The molecule has 0 atom stereocenters. The molecule has 0 spiro atoms. The molecule has 3 N–H and O–H groups in total. The van der Waals surface area contributed by atoms with Gasteiger partial charge in [-0.1, -0.05) is 24.3 Å². The molecule has 27 heavy (non-hydrogen) atoms. The van der Waals surface area contributed by atoms with Gasteiger partial charge in [-0.2, -0.15) is 5.10 Å². The second-order valence-corrected chi connectivity index (χ2v) is 6.29. The summed E-state index contributed by atoms with van der Waals surface area (Å²) in [5, 5.41) is 7.90. The zero-order chi connectivity index (χ0) is 18.8. The fraction of sp³-hybridized carbons (Fsp3) is 0.0952. The van der Waals surface area contributed by atoms with Crippen LogP contribution in [0, 0.1) is 0 Å². The fourth-order valence-corrected chi connectivity index (χ4v) is 3.12. The van der Waals surface area contributed by atoms with Crippen molar-refractivity contribution in [2.24, 2.45) is 5.73 Å². The number of aromatic nitrogens is 3. The first-order valence-electron chi connectivity index (χ1n) is 8.63. The second-order valence-electron chi connectivity index (χ2n) is 6.29. The number of aromatic amines is 1. The third kappa shape index (κ3) is 3.18. The average molecular weight is 357 g/mol. The number of nitrogens with two attached hydrogens (primary N) is 1. The SMILES string of the molecule is CN(c1ccccc1)c1cncc(-c2ccc3c(=O)[nH]nc(CN)c3c2)c1. The first kappa shape index (κ1) is 16.9. The first-order chi connectivity index (χ1) is 13.2. The van der Waals surface area contributed by atoms with Gasteiger partial charge >= 0.3 is 0 Å². The zero-order valence-corrected chi connectivity index (χ0v) is 14.9. The number of H-pyrrole nitrogens is 1. The summed E-state index contributed by atoms with van der Waals surface area (Å²) in [5.74, 6) is 0. The summed E-state index contributed by atoms with van der Waals surface area (Å²) < 4.78 is 0. The largest absolute Gasteiger partial charge is 0.343 e. The Labute approximate surface area is 156 Å². The van der Waals surface area contributed by atoms with Crippen LogP contribution in [0.1, 0.15) is 5.69 Å². The van der Waals surface area contributed by atoms with E-state index in [1.807, 2.05) is 61.9 Å². The number of benzene rings is 2. The van der Waals surface area contributed by atoms with Gasteiger partial charge in [-0.05, 0) is 35.9 Å². The smallest absolute Gasteiger partial charge is 0.272 e. The molecule has 0 aliphatic heterocycles. The van der Waals surface area contributed by atoms with Gasteiger partial charge in [0.05, 0.1) is 23.0 Å². The highest BCUT2D eigenvalue weighted by Crippen LogP contribution is 2.29. The van der Waals surface area contributed by atoms with Gasteiger partial charge in [0.15, 0.2) is 0 Å². The minimum Gasteiger partial charge on any atom is -0.343 e. The number of rotatable bonds is 4. The van der Waals surface area contributed by atoms with Gasteiger partial charge in [0, 0.05) is 36.4 Å². The van der Waals surface area contributed by atoms with E-state index in [-0.39, 0.29) is 12.1 Å². The van der Waals surface area contributed by atoms with Crippen molar-refractivity contribution < 1.29 is 0 Å². The number of hydrogen-bond acceptors (Lipinski definition) is 5. The third-order valence-electron chi connectivity index (χ3n) is 4.65. The molecule has 0 aliphatic carbocycles. The van der Waals surface area contributed by atoms with E-state index in [1.165, 1.54) is 0 Å². The van der Waals surface area contributed by atoms with Gasteiger partial charge in [-0.15, -0.1) is 0 Å². The maximum Gasteiger partial charge on any atom is 0.272 e. The molecule has 0 bridgehead atoms. The molecule has 0 saturated heterocycles. The molecule has 6 nitrogen and oxygen atoms in total. The van der Waals surface area contributed by atoms with E-state index in [0.29, 0.717) is 11.1 Å². The van der Waals surface area contributed by atoms with Crippen molar-refractivity contribution in [3.63, 3.8) is 0 Å². The zero-order valence-electron chi connectivity index (χ0n) is 14.9. The highest BCUT2D eigenvalue weighted by molar-refractivity contribution is 5.88. The fourth-order valence-electron chi connectivity index (χ4n) is 3.12. The van der Waals surface area contributed by atoms with Crippen LogP contribution in [0.25, 0.3) is 21.9 Å². The molecule has 0 amide bonds. The maximum atomic E-state index is 12.0. The predicted molar refractivity (Wildman–Crippen MR) is 108 cm³/mol. The molecule has 2 aromatic carbocycles. The van der Waals surface area contributed by atoms with E-state index in [9.17, 15) is 4.79 Å². The number of nitrogens with one attached hydrogen (secondary N) is 1. The van der Waals surface area contributed by atoms with Gasteiger partial charge in [-0.3, -0.25) is 9.78 Å². The molecular formula is C21H19N5O. The van der Waals surface area contributed by atoms with Crippen molar-refractivity contribution >= 4 is 22.1 Å². The lowest BCUT2D eigenvalue weighted by Crippen LogP contribution is -2.13. The molecule has 4 aromatic rings. The molecule has 6 heteroatoms. The summed E-state index contributed by atoms with van der Waals surface area (Å²) in [7, 11) is 2.01. The van der Waals surface area contributed by atoms with Crippen LogP contribution in [-0.2, 0) is 6.54 Å². The minimum absolute atomic E-state index is 0.218. The molecule has 134 valence electrons. The Morgan fingerprint density at radius 3 is 2.56 bits per heavy atom. The van der Waals surface area contributed by atoms with Crippen molar-refractivity contribution in [2.75, 3.05) is 11.9 Å². The Balaban J connectivity index is 1.79. The van der Waals surface area contributed by atoms with Gasteiger partial charge in [0.2, 0.25) is 0 Å². The summed E-state index contributed by atoms with van der Waals surface area (Å²) in [6, 6.07) is 17.8. The standard InChI is InChI=1S/C21H19N5O/c1-26(16-5-3-2-4-6-16)17-9-15(12-23-13-17)14-7-8-18-19(10-14)20(11-22)24-25-21(18)27/h2-10,12-13H,11,22H2,1H3,(H,25,27). The van der Waals surface area contributed by atoms with Crippen LogP contribution < -0.4 is 16.2 Å². The Morgan fingerprint density at radius 2 is 1.78 bits per heavy atom. The Hall–Kier alpha value is -3.51. The Bertz CT molecular complexity index is 1150. The van der Waals surface area contributed by atoms with E-state index in [4.69, 9.17) is 5.73 Å². The van der Waals surface area contributed by atoms with Crippen LogP contribution in [0.5, 0.6) is 0 Å². The summed E-state index contributed by atoms with van der Waals surface area (Å²) >= 11 is 0. The molecule has 2 aromatic heterocycles. The van der Waals surface area contributed by atoms with Gasteiger partial charge < -0.3 is 10.6 Å². The monoisotopic (exact) mass is 357 g/mol. The Kier molecular flexibility index (Phi) is 4.40. The van der Waals surface area contributed by atoms with E-state index >= 15 is 0 Å². The van der Waals surface area contributed by atoms with E-state index < -0.39 is 0 Å². The summed E-state index contributed by atoms with van der Waals surface area (Å²) in [6.45, 7) is 0.256. The van der Waals surface area contributed by atoms with Crippen molar-refractivity contribution in [1.29, 1.82) is 0 Å². The number of pyridine rings is 1. The van der Waals surface area contributed by atoms with E-state index in [1.54, 1.807) is 6.07 Å². The number of hydrogen-bond donors (Lipinski definition) is 2. The third-order valence-corrected chi connectivity index (χ3v) is 4.65. The normalized spacial score (nSPS) is 10.9. The summed E-state index contributed by atoms with van der Waals surface area (Å²) in [6.07, 6.45) is 3.64. The van der Waals surface area contributed by atoms with Crippen LogP contribution in [0.15, 0.2) is 71.8 Å². The number of nitrogens with zero attached hydrogens (tertiary/aromatic N) is 3. The minimum atomic E-state index is -0.218. The molecule has 0 aliphatic rings. The molecule has 0 fully saturated rings. The number of anilines is 2. The van der Waals surface area contributed by atoms with Crippen molar-refractivity contribution in [1.82, 2.24) is 15.2 Å². The van der Waals surface area contributed by atoms with Crippen LogP contribution in [0.3, 0.4) is 0 Å². The summed E-state index contributed by atoms with van der Waals surface area (Å²) in [4.78, 5) is 18.5. The highest BCUT2D eigenvalue weighted by atomic mass is 16.1.